The van der Waals surface area contributed by atoms with Gasteiger partial charge in [-0.1, -0.05) is 69.8 Å². The first-order valence-electron chi connectivity index (χ1n) is 8.12. The van der Waals surface area contributed by atoms with Crippen LogP contribution in [-0.4, -0.2) is 6.54 Å². The molecule has 0 fully saturated rings. The minimum atomic E-state index is 0.866. The summed E-state index contributed by atoms with van der Waals surface area (Å²) in [6, 6.07) is 0. The number of hydrogen-bond acceptors (Lipinski definition) is 1. The van der Waals surface area contributed by atoms with Crippen LogP contribution in [0.2, 0.25) is 0 Å². The molecule has 0 spiro atoms. The van der Waals surface area contributed by atoms with Crippen molar-refractivity contribution < 1.29 is 0 Å². The Bertz CT molecular complexity index is 174. The summed E-state index contributed by atoms with van der Waals surface area (Å²) in [4.78, 5) is 0. The van der Waals surface area contributed by atoms with Crippen LogP contribution in [0, 0.1) is 0 Å². The number of allylic oxidation sites excluding steroid dienone is 1. The van der Waals surface area contributed by atoms with Gasteiger partial charge < -0.3 is 5.73 Å². The second-order valence-corrected chi connectivity index (χ2v) is 5.74. The third-order valence-electron chi connectivity index (χ3n) is 3.56. The Balaban J connectivity index is 2.92. The van der Waals surface area contributed by atoms with Crippen LogP contribution in [0.25, 0.3) is 0 Å². The van der Waals surface area contributed by atoms with Gasteiger partial charge in [0.05, 0.1) is 0 Å². The van der Waals surface area contributed by atoms with Crippen molar-refractivity contribution in [2.24, 2.45) is 5.73 Å². The summed E-state index contributed by atoms with van der Waals surface area (Å²) < 4.78 is 0. The SMILES string of the molecule is C=C(C)CCCCCCCCCCCCCCN. The maximum absolute atomic E-state index is 5.47. The molecule has 0 saturated carbocycles. The molecule has 0 saturated heterocycles. The van der Waals surface area contributed by atoms with Crippen molar-refractivity contribution in [2.75, 3.05) is 6.54 Å². The Kier molecular flexibility index (Phi) is 14.5. The summed E-state index contributed by atoms with van der Waals surface area (Å²) in [6.07, 6.45) is 17.9. The lowest BCUT2D eigenvalue weighted by Crippen LogP contribution is -1.97. The van der Waals surface area contributed by atoms with Gasteiger partial charge in [-0.3, -0.25) is 0 Å². The van der Waals surface area contributed by atoms with E-state index in [1.165, 1.54) is 89.0 Å². The Morgan fingerprint density at radius 3 is 1.33 bits per heavy atom. The number of rotatable bonds is 14. The first kappa shape index (κ1) is 17.7. The van der Waals surface area contributed by atoms with Gasteiger partial charge in [0.25, 0.3) is 0 Å². The lowest BCUT2D eigenvalue weighted by molar-refractivity contribution is 0.541. The van der Waals surface area contributed by atoms with E-state index in [0.717, 1.165) is 6.54 Å². The third kappa shape index (κ3) is 15.7. The average Bonchev–Trinajstić information content (AvgIpc) is 2.34. The van der Waals surface area contributed by atoms with E-state index in [0.29, 0.717) is 0 Å². The van der Waals surface area contributed by atoms with Crippen LogP contribution >= 0.6 is 0 Å². The quantitative estimate of drug-likeness (QED) is 0.317. The number of unbranched alkanes of at least 4 members (excludes halogenated alkanes) is 11. The molecule has 2 N–H and O–H groups in total. The summed E-state index contributed by atoms with van der Waals surface area (Å²) in [5.74, 6) is 0. The highest BCUT2D eigenvalue weighted by Crippen LogP contribution is 2.13. The highest BCUT2D eigenvalue weighted by atomic mass is 14.5. The highest BCUT2D eigenvalue weighted by molar-refractivity contribution is 4.86. The van der Waals surface area contributed by atoms with Gasteiger partial charge in [-0.25, -0.2) is 0 Å². The van der Waals surface area contributed by atoms with Gasteiger partial charge in [-0.15, -0.1) is 6.58 Å². The lowest BCUT2D eigenvalue weighted by atomic mass is 10.0. The van der Waals surface area contributed by atoms with Crippen LogP contribution < -0.4 is 5.73 Å². The maximum Gasteiger partial charge on any atom is -0.00773 e. The molecule has 0 bridgehead atoms. The van der Waals surface area contributed by atoms with Gasteiger partial charge >= 0.3 is 0 Å². The summed E-state index contributed by atoms with van der Waals surface area (Å²) in [5.41, 5.74) is 6.81. The molecule has 0 aromatic carbocycles. The van der Waals surface area contributed by atoms with E-state index in [1.54, 1.807) is 0 Å². The van der Waals surface area contributed by atoms with E-state index in [4.69, 9.17) is 5.73 Å². The van der Waals surface area contributed by atoms with E-state index in [2.05, 4.69) is 13.5 Å². The molecule has 0 radical (unpaired) electrons. The molecule has 108 valence electrons. The lowest BCUT2D eigenvalue weighted by Gasteiger charge is -2.03. The molecule has 0 amide bonds. The van der Waals surface area contributed by atoms with Crippen LogP contribution in [0.1, 0.15) is 90.4 Å². The Morgan fingerprint density at radius 2 is 1.00 bits per heavy atom. The largest absolute Gasteiger partial charge is 0.330 e. The van der Waals surface area contributed by atoms with E-state index in [-0.39, 0.29) is 0 Å². The molecule has 0 heterocycles. The predicted octanol–water partition coefficient (Wildman–Crippen LogP) is 5.59. The van der Waals surface area contributed by atoms with Crippen molar-refractivity contribution in [3.63, 3.8) is 0 Å². The number of nitrogens with two attached hydrogens (primary N) is 1. The highest BCUT2D eigenvalue weighted by Gasteiger charge is 1.93. The van der Waals surface area contributed by atoms with Crippen LogP contribution in [0.4, 0.5) is 0 Å². The molecule has 0 aliphatic rings. The summed E-state index contributed by atoms with van der Waals surface area (Å²) in [5, 5.41) is 0. The predicted molar refractivity (Wildman–Crippen MR) is 83.9 cm³/mol. The zero-order valence-electron chi connectivity index (χ0n) is 12.7. The fraction of sp³-hybridized carbons (Fsp3) is 0.882. The Morgan fingerprint density at radius 1 is 0.667 bits per heavy atom. The molecule has 0 aliphatic heterocycles. The molecule has 18 heavy (non-hydrogen) atoms. The molecule has 0 aliphatic carbocycles. The van der Waals surface area contributed by atoms with Crippen molar-refractivity contribution >= 4 is 0 Å². The van der Waals surface area contributed by atoms with Gasteiger partial charge in [0.2, 0.25) is 0 Å². The topological polar surface area (TPSA) is 26.0 Å². The molecule has 0 aromatic rings. The molecule has 0 aromatic heterocycles. The van der Waals surface area contributed by atoms with Crippen molar-refractivity contribution in [2.45, 2.75) is 90.4 Å². The first-order valence-corrected chi connectivity index (χ1v) is 8.12. The number of hydrogen-bond donors (Lipinski definition) is 1. The minimum Gasteiger partial charge on any atom is -0.330 e. The van der Waals surface area contributed by atoms with Crippen molar-refractivity contribution in [3.05, 3.63) is 12.2 Å². The van der Waals surface area contributed by atoms with Gasteiger partial charge in [0, 0.05) is 0 Å². The van der Waals surface area contributed by atoms with Crippen LogP contribution in [0.15, 0.2) is 12.2 Å². The van der Waals surface area contributed by atoms with E-state index in [9.17, 15) is 0 Å². The Labute approximate surface area is 115 Å². The minimum absolute atomic E-state index is 0.866. The zero-order valence-corrected chi connectivity index (χ0v) is 12.7. The smallest absolute Gasteiger partial charge is 0.00773 e. The van der Waals surface area contributed by atoms with Crippen LogP contribution in [-0.2, 0) is 0 Å². The van der Waals surface area contributed by atoms with Gasteiger partial charge in [-0.05, 0) is 32.7 Å². The monoisotopic (exact) mass is 253 g/mol. The van der Waals surface area contributed by atoms with Crippen molar-refractivity contribution in [1.82, 2.24) is 0 Å². The van der Waals surface area contributed by atoms with E-state index >= 15 is 0 Å². The van der Waals surface area contributed by atoms with Gasteiger partial charge in [0.1, 0.15) is 0 Å². The summed E-state index contributed by atoms with van der Waals surface area (Å²) in [7, 11) is 0. The molecule has 1 heteroatoms. The molecule has 1 nitrogen and oxygen atoms in total. The first-order chi connectivity index (χ1) is 8.77. The van der Waals surface area contributed by atoms with E-state index in [1.807, 2.05) is 0 Å². The average molecular weight is 253 g/mol. The van der Waals surface area contributed by atoms with Crippen molar-refractivity contribution in [1.29, 1.82) is 0 Å². The normalized spacial score (nSPS) is 10.8. The fourth-order valence-corrected chi connectivity index (χ4v) is 2.34. The second-order valence-electron chi connectivity index (χ2n) is 5.74. The summed E-state index contributed by atoms with van der Waals surface area (Å²) in [6.45, 7) is 6.94. The second kappa shape index (κ2) is 14.8. The third-order valence-corrected chi connectivity index (χ3v) is 3.56. The van der Waals surface area contributed by atoms with E-state index < -0.39 is 0 Å². The van der Waals surface area contributed by atoms with Gasteiger partial charge in [0.15, 0.2) is 0 Å². The van der Waals surface area contributed by atoms with Crippen LogP contribution in [0.5, 0.6) is 0 Å². The van der Waals surface area contributed by atoms with Gasteiger partial charge in [-0.2, -0.15) is 0 Å². The Hall–Kier alpha value is -0.300. The fourth-order valence-electron chi connectivity index (χ4n) is 2.34. The molecule has 0 rings (SSSR count). The molecule has 0 atom stereocenters. The zero-order chi connectivity index (χ0) is 13.5. The molecular weight excluding hydrogens is 218 g/mol. The standard InChI is InChI=1S/C17H35N/c1-17(2)15-13-11-9-7-5-3-4-6-8-10-12-14-16-18/h1,3-16,18H2,2H3. The maximum atomic E-state index is 5.47. The summed E-state index contributed by atoms with van der Waals surface area (Å²) >= 11 is 0. The van der Waals surface area contributed by atoms with Crippen LogP contribution in [0.3, 0.4) is 0 Å². The van der Waals surface area contributed by atoms with Crippen molar-refractivity contribution in [3.8, 4) is 0 Å². The molecule has 0 unspecified atom stereocenters. The molecular formula is C17H35N.